The van der Waals surface area contributed by atoms with Crippen LogP contribution in [0.5, 0.6) is 11.5 Å². The number of aromatic hydroxyl groups is 1. The van der Waals surface area contributed by atoms with E-state index < -0.39 is 11.8 Å². The smallest absolute Gasteiger partial charge is 0.282 e. The van der Waals surface area contributed by atoms with Crippen molar-refractivity contribution in [1.82, 2.24) is 5.43 Å². The maximum Gasteiger partial charge on any atom is 0.282 e. The lowest BCUT2D eigenvalue weighted by Crippen LogP contribution is -2.35. The first-order valence-electron chi connectivity index (χ1n) is 7.31. The molecule has 1 aliphatic rings. The van der Waals surface area contributed by atoms with Gasteiger partial charge in [0, 0.05) is 5.56 Å². The van der Waals surface area contributed by atoms with Crippen molar-refractivity contribution < 1.29 is 19.4 Å². The summed E-state index contributed by atoms with van der Waals surface area (Å²) in [6.45, 7) is 1.94. The topological polar surface area (TPSA) is 78.9 Å². The third-order valence-corrected chi connectivity index (χ3v) is 3.73. The lowest BCUT2D eigenvalue weighted by atomic mass is 10.1. The van der Waals surface area contributed by atoms with Crippen molar-refractivity contribution in [2.75, 3.05) is 12.1 Å². The number of hydrogen-bond acceptors (Lipinski definition) is 4. The van der Waals surface area contributed by atoms with Gasteiger partial charge >= 0.3 is 0 Å². The summed E-state index contributed by atoms with van der Waals surface area (Å²) in [4.78, 5) is 24.7. The van der Waals surface area contributed by atoms with Crippen LogP contribution in [-0.4, -0.2) is 24.0 Å². The van der Waals surface area contributed by atoms with Crippen molar-refractivity contribution >= 4 is 23.6 Å². The third kappa shape index (κ3) is 2.69. The Kier molecular flexibility index (Phi) is 3.95. The summed E-state index contributed by atoms with van der Waals surface area (Å²) in [5.41, 5.74) is 4.41. The molecular formula is C18H16N2O4. The van der Waals surface area contributed by atoms with Crippen LogP contribution in [-0.2, 0) is 9.59 Å². The maximum absolute atomic E-state index is 12.5. The van der Waals surface area contributed by atoms with E-state index in [-0.39, 0.29) is 17.1 Å². The number of phenolic OH excluding ortho intramolecular Hbond substituents is 1. The minimum atomic E-state index is -0.525. The van der Waals surface area contributed by atoms with Crippen LogP contribution in [0.2, 0.25) is 0 Å². The Balaban J connectivity index is 1.96. The number of ether oxygens (including phenoxy) is 1. The summed E-state index contributed by atoms with van der Waals surface area (Å²) in [7, 11) is 1.43. The Hall–Kier alpha value is -3.28. The van der Waals surface area contributed by atoms with E-state index in [1.54, 1.807) is 30.3 Å². The first-order valence-corrected chi connectivity index (χ1v) is 7.31. The van der Waals surface area contributed by atoms with E-state index in [0.717, 1.165) is 5.56 Å². The van der Waals surface area contributed by atoms with Gasteiger partial charge in [-0.1, -0.05) is 29.8 Å². The van der Waals surface area contributed by atoms with E-state index in [4.69, 9.17) is 4.74 Å². The molecule has 2 amide bonds. The summed E-state index contributed by atoms with van der Waals surface area (Å²) in [6.07, 6.45) is 1.35. The second-order valence-electron chi connectivity index (χ2n) is 5.37. The first-order chi connectivity index (χ1) is 11.5. The Labute approximate surface area is 138 Å². The number of carbonyl (C=O) groups is 2. The zero-order valence-electron chi connectivity index (χ0n) is 13.2. The zero-order chi connectivity index (χ0) is 17.3. The molecule has 0 atom stereocenters. The number of nitrogens with one attached hydrogen (secondary N) is 1. The Morgan fingerprint density at radius 3 is 2.50 bits per heavy atom. The van der Waals surface area contributed by atoms with Crippen LogP contribution < -0.4 is 15.2 Å². The zero-order valence-corrected chi connectivity index (χ0v) is 13.2. The number of hydrazine groups is 1. The van der Waals surface area contributed by atoms with E-state index in [1.165, 1.54) is 18.2 Å². The number of carbonyl (C=O) groups excluding carboxylic acids is 2. The highest BCUT2D eigenvalue weighted by Crippen LogP contribution is 2.32. The van der Waals surface area contributed by atoms with Crippen LogP contribution in [0.25, 0.3) is 6.08 Å². The maximum atomic E-state index is 12.5. The molecule has 0 bridgehead atoms. The molecule has 24 heavy (non-hydrogen) atoms. The van der Waals surface area contributed by atoms with Gasteiger partial charge < -0.3 is 9.84 Å². The summed E-state index contributed by atoms with van der Waals surface area (Å²) >= 11 is 0. The van der Waals surface area contributed by atoms with Crippen molar-refractivity contribution in [2.45, 2.75) is 6.92 Å². The summed E-state index contributed by atoms with van der Waals surface area (Å²) in [5, 5.41) is 11.3. The predicted octanol–water partition coefficient (Wildman–Crippen LogP) is 2.17. The highest BCUT2D eigenvalue weighted by atomic mass is 16.5. The predicted molar refractivity (Wildman–Crippen MR) is 89.4 cm³/mol. The average molecular weight is 324 g/mol. The summed E-state index contributed by atoms with van der Waals surface area (Å²) in [6, 6.07) is 12.1. The van der Waals surface area contributed by atoms with Crippen molar-refractivity contribution in [3.05, 3.63) is 59.2 Å². The normalized spacial score (nSPS) is 15.8. The lowest BCUT2D eigenvalue weighted by molar-refractivity contribution is -0.117. The number of aryl methyl sites for hydroxylation is 1. The number of hydrogen-bond donors (Lipinski definition) is 2. The number of anilines is 1. The second kappa shape index (κ2) is 6.08. The van der Waals surface area contributed by atoms with Crippen LogP contribution in [0.3, 0.4) is 0 Å². The molecule has 122 valence electrons. The van der Waals surface area contributed by atoms with E-state index in [2.05, 4.69) is 5.43 Å². The molecule has 2 N–H and O–H groups in total. The Bertz CT molecular complexity index is 841. The molecule has 0 aliphatic carbocycles. The Morgan fingerprint density at radius 1 is 1.12 bits per heavy atom. The van der Waals surface area contributed by atoms with Gasteiger partial charge in [0.25, 0.3) is 11.8 Å². The number of nitrogens with zero attached hydrogens (tertiary/aromatic N) is 1. The van der Waals surface area contributed by atoms with E-state index in [1.807, 2.05) is 19.1 Å². The van der Waals surface area contributed by atoms with Gasteiger partial charge in [0.15, 0.2) is 11.5 Å². The number of amides is 2. The molecule has 1 aliphatic heterocycles. The molecule has 6 nitrogen and oxygen atoms in total. The summed E-state index contributed by atoms with van der Waals surface area (Å²) < 4.78 is 5.03. The first kappa shape index (κ1) is 15.6. The molecule has 2 aromatic rings. The molecule has 0 spiro atoms. The van der Waals surface area contributed by atoms with Gasteiger partial charge in [0.05, 0.1) is 12.8 Å². The van der Waals surface area contributed by atoms with Crippen LogP contribution in [0, 0.1) is 6.92 Å². The molecule has 1 heterocycles. The number of rotatable bonds is 3. The highest BCUT2D eigenvalue weighted by molar-refractivity contribution is 6.31. The minimum Gasteiger partial charge on any atom is -0.504 e. The average Bonchev–Trinajstić information content (AvgIpc) is 2.85. The molecular weight excluding hydrogens is 308 g/mol. The third-order valence-electron chi connectivity index (χ3n) is 3.73. The summed E-state index contributed by atoms with van der Waals surface area (Å²) in [5.74, 6) is -0.860. The Morgan fingerprint density at radius 2 is 1.83 bits per heavy atom. The van der Waals surface area contributed by atoms with Crippen molar-refractivity contribution in [2.24, 2.45) is 0 Å². The van der Waals surface area contributed by atoms with Crippen LogP contribution in [0.4, 0.5) is 5.69 Å². The molecule has 0 radical (unpaired) electrons. The van der Waals surface area contributed by atoms with E-state index in [0.29, 0.717) is 11.3 Å². The number of phenols is 1. The van der Waals surface area contributed by atoms with Crippen LogP contribution in [0.1, 0.15) is 11.1 Å². The molecule has 0 aromatic heterocycles. The minimum absolute atomic E-state index is 0.0564. The molecule has 1 fully saturated rings. The molecule has 0 unspecified atom stereocenters. The standard InChI is InChI=1S/C18H16N2O4/c1-11-6-8-13(9-7-11)20-18(23)14(17(22)19-20)10-12-4-3-5-15(24-2)16(12)21/h3-10,21H,1-2H3,(H,19,22)/b14-10-. The monoisotopic (exact) mass is 324 g/mol. The number of benzene rings is 2. The van der Waals surface area contributed by atoms with Crippen LogP contribution >= 0.6 is 0 Å². The second-order valence-corrected chi connectivity index (χ2v) is 5.37. The van der Waals surface area contributed by atoms with Crippen molar-refractivity contribution in [3.8, 4) is 11.5 Å². The van der Waals surface area contributed by atoms with E-state index >= 15 is 0 Å². The van der Waals surface area contributed by atoms with Gasteiger partial charge in [-0.25, -0.2) is 5.01 Å². The molecule has 2 aromatic carbocycles. The fraction of sp³-hybridized carbons (Fsp3) is 0.111. The molecule has 1 saturated heterocycles. The van der Waals surface area contributed by atoms with E-state index in [9.17, 15) is 14.7 Å². The molecule has 0 saturated carbocycles. The van der Waals surface area contributed by atoms with Gasteiger partial charge in [-0.05, 0) is 31.2 Å². The fourth-order valence-corrected chi connectivity index (χ4v) is 2.41. The number of para-hydroxylation sites is 1. The van der Waals surface area contributed by atoms with Gasteiger partial charge in [-0.15, -0.1) is 0 Å². The van der Waals surface area contributed by atoms with Crippen molar-refractivity contribution in [3.63, 3.8) is 0 Å². The van der Waals surface area contributed by atoms with Gasteiger partial charge in [-0.2, -0.15) is 0 Å². The molecule has 6 heteroatoms. The largest absolute Gasteiger partial charge is 0.504 e. The SMILES string of the molecule is COc1cccc(/C=C2/C(=O)NN(c3ccc(C)cc3)C2=O)c1O. The van der Waals surface area contributed by atoms with Gasteiger partial charge in [0.1, 0.15) is 5.57 Å². The fourth-order valence-electron chi connectivity index (χ4n) is 2.41. The highest BCUT2D eigenvalue weighted by Gasteiger charge is 2.34. The molecule has 3 rings (SSSR count). The van der Waals surface area contributed by atoms with Gasteiger partial charge in [0.2, 0.25) is 0 Å². The van der Waals surface area contributed by atoms with Gasteiger partial charge in [-0.3, -0.25) is 15.0 Å². The van der Waals surface area contributed by atoms with Crippen LogP contribution in [0.15, 0.2) is 48.0 Å². The van der Waals surface area contributed by atoms with Crippen molar-refractivity contribution in [1.29, 1.82) is 0 Å². The number of methoxy groups -OCH3 is 1. The lowest BCUT2D eigenvalue weighted by Gasteiger charge is -2.14. The quantitative estimate of drug-likeness (QED) is 0.670.